The molecule has 0 amide bonds. The molecule has 0 aliphatic carbocycles. The fourth-order valence-electron chi connectivity index (χ4n) is 3.00. The zero-order valence-electron chi connectivity index (χ0n) is 13.7. The Balaban J connectivity index is 1.71. The normalized spacial score (nSPS) is 22.0. The molecule has 1 aromatic rings. The van der Waals surface area contributed by atoms with E-state index in [0.717, 1.165) is 18.6 Å². The van der Waals surface area contributed by atoms with Crippen molar-refractivity contribution < 1.29 is 9.77 Å². The Labute approximate surface area is 145 Å². The van der Waals surface area contributed by atoms with E-state index in [0.29, 0.717) is 43.7 Å². The van der Waals surface area contributed by atoms with Crippen LogP contribution in [0.5, 0.6) is 0 Å². The van der Waals surface area contributed by atoms with Crippen LogP contribution in [0.2, 0.25) is 0 Å². The summed E-state index contributed by atoms with van der Waals surface area (Å²) >= 11 is 0. The average Bonchev–Trinajstić information content (AvgIpc) is 3.25. The molecule has 2 saturated heterocycles. The number of guanidine groups is 1. The lowest BCUT2D eigenvalue weighted by molar-refractivity contribution is -0.486. The second-order valence-electron chi connectivity index (χ2n) is 6.06. The SMILES string of the molecule is N#Cc1ccc(C=CN2CCN(CC3CCOC3)C2=N[N+](=O)[O-])cc1. The van der Waals surface area contributed by atoms with Crippen LogP contribution in [-0.4, -0.2) is 53.6 Å². The van der Waals surface area contributed by atoms with E-state index in [1.165, 1.54) is 0 Å². The zero-order chi connectivity index (χ0) is 17.6. The Morgan fingerprint density at radius 2 is 2.20 bits per heavy atom. The molecule has 25 heavy (non-hydrogen) atoms. The lowest BCUT2D eigenvalue weighted by Crippen LogP contribution is -2.35. The molecule has 0 radical (unpaired) electrons. The van der Waals surface area contributed by atoms with Crippen LogP contribution in [0.3, 0.4) is 0 Å². The summed E-state index contributed by atoms with van der Waals surface area (Å²) in [4.78, 5) is 14.7. The Bertz CT molecular complexity index is 717. The van der Waals surface area contributed by atoms with E-state index in [2.05, 4.69) is 11.2 Å². The van der Waals surface area contributed by atoms with Gasteiger partial charge in [-0.2, -0.15) is 5.26 Å². The summed E-state index contributed by atoms with van der Waals surface area (Å²) in [7, 11) is 0. The third kappa shape index (κ3) is 4.33. The second-order valence-corrected chi connectivity index (χ2v) is 6.06. The van der Waals surface area contributed by atoms with Crippen LogP contribution in [-0.2, 0) is 4.74 Å². The molecule has 2 fully saturated rings. The highest BCUT2D eigenvalue weighted by molar-refractivity contribution is 5.83. The smallest absolute Gasteiger partial charge is 0.278 e. The van der Waals surface area contributed by atoms with Crippen LogP contribution < -0.4 is 0 Å². The first-order valence-corrected chi connectivity index (χ1v) is 8.16. The minimum absolute atomic E-state index is 0.363. The number of rotatable bonds is 5. The maximum Gasteiger partial charge on any atom is 0.278 e. The van der Waals surface area contributed by atoms with Gasteiger partial charge in [0.2, 0.25) is 0 Å². The number of benzene rings is 1. The first-order valence-electron chi connectivity index (χ1n) is 8.16. The molecule has 2 aliphatic heterocycles. The van der Waals surface area contributed by atoms with E-state index in [1.807, 2.05) is 23.1 Å². The third-order valence-corrected chi connectivity index (χ3v) is 4.31. The first-order chi connectivity index (χ1) is 12.2. The van der Waals surface area contributed by atoms with Crippen molar-refractivity contribution in [3.63, 3.8) is 0 Å². The highest BCUT2D eigenvalue weighted by Gasteiger charge is 2.31. The minimum Gasteiger partial charge on any atom is -0.381 e. The van der Waals surface area contributed by atoms with Gasteiger partial charge >= 0.3 is 0 Å². The van der Waals surface area contributed by atoms with E-state index >= 15 is 0 Å². The van der Waals surface area contributed by atoms with Crippen molar-refractivity contribution >= 4 is 12.0 Å². The van der Waals surface area contributed by atoms with Gasteiger partial charge in [-0.3, -0.25) is 0 Å². The summed E-state index contributed by atoms with van der Waals surface area (Å²) in [5.74, 6) is 0.751. The van der Waals surface area contributed by atoms with Crippen molar-refractivity contribution in [3.05, 3.63) is 51.7 Å². The molecule has 0 N–H and O–H groups in total. The molecule has 0 aromatic heterocycles. The van der Waals surface area contributed by atoms with Gasteiger partial charge in [-0.05, 0) is 30.2 Å². The minimum atomic E-state index is -0.651. The van der Waals surface area contributed by atoms with Crippen molar-refractivity contribution in [2.24, 2.45) is 11.0 Å². The van der Waals surface area contributed by atoms with Gasteiger partial charge in [0.1, 0.15) is 5.10 Å². The van der Waals surface area contributed by atoms with E-state index < -0.39 is 5.03 Å². The number of hydrogen-bond acceptors (Lipinski definition) is 4. The first kappa shape index (κ1) is 16.9. The second kappa shape index (κ2) is 7.77. The van der Waals surface area contributed by atoms with Crippen LogP contribution in [0.15, 0.2) is 35.6 Å². The monoisotopic (exact) mass is 341 g/mol. The van der Waals surface area contributed by atoms with Crippen molar-refractivity contribution in [1.82, 2.24) is 9.80 Å². The molecule has 1 aromatic carbocycles. The Morgan fingerprint density at radius 3 is 2.84 bits per heavy atom. The number of nitro groups is 1. The molecular weight excluding hydrogens is 322 g/mol. The van der Waals surface area contributed by atoms with Gasteiger partial charge < -0.3 is 14.5 Å². The van der Waals surface area contributed by atoms with E-state index in [1.54, 1.807) is 23.2 Å². The van der Waals surface area contributed by atoms with Gasteiger partial charge in [-0.15, -0.1) is 0 Å². The standard InChI is InChI=1S/C17H19N5O3/c18-11-15-3-1-14(2-4-15)5-7-20-8-9-21(17(20)19-22(23)24)12-16-6-10-25-13-16/h1-5,7,16H,6,8-10,12-13H2. The summed E-state index contributed by atoms with van der Waals surface area (Å²) in [5.41, 5.74) is 1.51. The zero-order valence-corrected chi connectivity index (χ0v) is 13.7. The molecule has 8 heteroatoms. The number of nitrogens with zero attached hydrogens (tertiary/aromatic N) is 5. The topological polar surface area (TPSA) is 95.0 Å². The summed E-state index contributed by atoms with van der Waals surface area (Å²) in [6, 6.07) is 9.22. The van der Waals surface area contributed by atoms with Gasteiger partial charge in [0.15, 0.2) is 5.03 Å². The lowest BCUT2D eigenvalue weighted by atomic mass is 10.1. The quantitative estimate of drug-likeness (QED) is 0.598. The highest BCUT2D eigenvalue weighted by Crippen LogP contribution is 2.19. The van der Waals surface area contributed by atoms with Crippen LogP contribution in [0, 0.1) is 27.4 Å². The number of ether oxygens (including phenoxy) is 1. The van der Waals surface area contributed by atoms with Crippen molar-refractivity contribution in [2.45, 2.75) is 6.42 Å². The largest absolute Gasteiger partial charge is 0.381 e. The fraction of sp³-hybridized carbons (Fsp3) is 0.412. The molecule has 1 unspecified atom stereocenters. The number of hydrazone groups is 1. The molecule has 130 valence electrons. The summed E-state index contributed by atoms with van der Waals surface area (Å²) in [6.45, 7) is 3.51. The molecule has 0 bridgehead atoms. The fourth-order valence-corrected chi connectivity index (χ4v) is 3.00. The molecular formula is C17H19N5O3. The van der Waals surface area contributed by atoms with Gasteiger partial charge in [-0.25, -0.2) is 10.1 Å². The third-order valence-electron chi connectivity index (χ3n) is 4.31. The number of hydrogen-bond donors (Lipinski definition) is 0. The summed E-state index contributed by atoms with van der Waals surface area (Å²) in [5, 5.41) is 22.7. The summed E-state index contributed by atoms with van der Waals surface area (Å²) in [6.07, 6.45) is 4.64. The molecule has 0 saturated carbocycles. The Morgan fingerprint density at radius 1 is 1.40 bits per heavy atom. The Kier molecular flexibility index (Phi) is 5.26. The van der Waals surface area contributed by atoms with E-state index in [9.17, 15) is 10.1 Å². The molecule has 1 atom stereocenters. The van der Waals surface area contributed by atoms with Crippen molar-refractivity contribution in [3.8, 4) is 6.07 Å². The maximum absolute atomic E-state index is 10.9. The predicted octanol–water partition coefficient (Wildman–Crippen LogP) is 1.73. The Hall–Kier alpha value is -2.92. The van der Waals surface area contributed by atoms with E-state index in [4.69, 9.17) is 10.00 Å². The molecule has 8 nitrogen and oxygen atoms in total. The van der Waals surface area contributed by atoms with Gasteiger partial charge in [-0.1, -0.05) is 12.1 Å². The van der Waals surface area contributed by atoms with Gasteiger partial charge in [0.05, 0.1) is 18.2 Å². The summed E-state index contributed by atoms with van der Waals surface area (Å²) < 4.78 is 5.38. The van der Waals surface area contributed by atoms with Crippen LogP contribution in [0.4, 0.5) is 0 Å². The van der Waals surface area contributed by atoms with Crippen molar-refractivity contribution in [1.29, 1.82) is 5.26 Å². The van der Waals surface area contributed by atoms with Crippen molar-refractivity contribution in [2.75, 3.05) is 32.8 Å². The maximum atomic E-state index is 10.9. The molecule has 2 aliphatic rings. The average molecular weight is 341 g/mol. The molecule has 3 rings (SSSR count). The van der Waals surface area contributed by atoms with Gasteiger partial charge in [0.25, 0.3) is 5.96 Å². The molecule has 0 spiro atoms. The predicted molar refractivity (Wildman–Crippen MR) is 91.8 cm³/mol. The van der Waals surface area contributed by atoms with Gasteiger partial charge in [0, 0.05) is 38.4 Å². The lowest BCUT2D eigenvalue weighted by Gasteiger charge is -2.21. The van der Waals surface area contributed by atoms with Crippen LogP contribution >= 0.6 is 0 Å². The number of nitriles is 1. The van der Waals surface area contributed by atoms with Crippen LogP contribution in [0.1, 0.15) is 17.5 Å². The van der Waals surface area contributed by atoms with Crippen LogP contribution in [0.25, 0.3) is 6.08 Å². The van der Waals surface area contributed by atoms with E-state index in [-0.39, 0.29) is 0 Å². The highest BCUT2D eigenvalue weighted by atomic mass is 16.7. The molecule has 2 heterocycles.